The smallest absolute Gasteiger partial charge is 0.403 e. The third-order valence-electron chi connectivity index (χ3n) is 4.63. The van der Waals surface area contributed by atoms with Crippen molar-refractivity contribution in [1.82, 2.24) is 0 Å². The lowest BCUT2D eigenvalue weighted by molar-refractivity contribution is 0.191. The second-order valence-corrected chi connectivity index (χ2v) is 9.79. The van der Waals surface area contributed by atoms with Crippen LogP contribution in [0.3, 0.4) is 0 Å². The van der Waals surface area contributed by atoms with E-state index in [1.807, 2.05) is 36.4 Å². The fraction of sp³-hybridized carbons (Fsp3) is 0.364. The van der Waals surface area contributed by atoms with Crippen LogP contribution in [0.4, 0.5) is 0 Å². The van der Waals surface area contributed by atoms with E-state index in [0.717, 1.165) is 40.2 Å². The summed E-state index contributed by atoms with van der Waals surface area (Å²) < 4.78 is 23.3. The van der Waals surface area contributed by atoms with Gasteiger partial charge >= 0.3 is 7.82 Å². The second kappa shape index (κ2) is 10.7. The molecule has 0 spiro atoms. The summed E-state index contributed by atoms with van der Waals surface area (Å²) in [5.41, 5.74) is 1.50. The normalized spacial score (nSPS) is 14.9. The number of rotatable bonds is 10. The molecule has 2 aromatic carbocycles. The van der Waals surface area contributed by atoms with Crippen LogP contribution in [0.5, 0.6) is 0 Å². The summed E-state index contributed by atoms with van der Waals surface area (Å²) in [7, 11) is -4.24. The van der Waals surface area contributed by atoms with Crippen molar-refractivity contribution in [3.8, 4) is 0 Å². The molecule has 0 saturated heterocycles. The summed E-state index contributed by atoms with van der Waals surface area (Å²) in [6, 6.07) is 13.2. The van der Waals surface area contributed by atoms with Crippen LogP contribution in [-0.2, 0) is 13.6 Å². The molecule has 1 heterocycles. The molecule has 0 fully saturated rings. The third-order valence-corrected chi connectivity index (χ3v) is 7.04. The number of hydrogen-bond donors (Lipinski definition) is 1. The minimum absolute atomic E-state index is 0.195. The van der Waals surface area contributed by atoms with Gasteiger partial charge in [-0.05, 0) is 30.7 Å². The third kappa shape index (κ3) is 6.37. The molecule has 1 atom stereocenters. The van der Waals surface area contributed by atoms with Gasteiger partial charge in [-0.15, -0.1) is 0 Å². The monoisotopic (exact) mass is 452 g/mol. The van der Waals surface area contributed by atoms with Gasteiger partial charge < -0.3 is 4.52 Å². The average Bonchev–Trinajstić information content (AvgIpc) is 2.84. The predicted octanol–water partition coefficient (Wildman–Crippen LogP) is 7.80. The first kappa shape index (κ1) is 22.5. The van der Waals surface area contributed by atoms with Gasteiger partial charge in [-0.25, -0.2) is 4.57 Å². The van der Waals surface area contributed by atoms with Crippen LogP contribution < -0.4 is 0 Å². The van der Waals surface area contributed by atoms with Crippen molar-refractivity contribution in [1.29, 1.82) is 0 Å². The van der Waals surface area contributed by atoms with Crippen molar-refractivity contribution >= 4 is 43.0 Å². The summed E-state index contributed by atoms with van der Waals surface area (Å²) in [4.78, 5) is 12.2. The zero-order valence-corrected chi connectivity index (χ0v) is 18.9. The van der Waals surface area contributed by atoms with E-state index in [1.54, 1.807) is 23.9 Å². The average molecular weight is 453 g/mol. The zero-order valence-electron chi connectivity index (χ0n) is 16.5. The molecule has 7 heteroatoms. The molecule has 1 unspecified atom stereocenters. The van der Waals surface area contributed by atoms with E-state index >= 15 is 0 Å². The number of hydrogen-bond acceptors (Lipinski definition) is 4. The predicted molar refractivity (Wildman–Crippen MR) is 120 cm³/mol. The zero-order chi connectivity index (χ0) is 20.7. The van der Waals surface area contributed by atoms with Crippen LogP contribution >= 0.6 is 31.2 Å². The van der Waals surface area contributed by atoms with Crippen molar-refractivity contribution in [3.63, 3.8) is 0 Å². The second-order valence-electron chi connectivity index (χ2n) is 6.92. The van der Waals surface area contributed by atoms with Crippen molar-refractivity contribution in [2.24, 2.45) is 0 Å². The van der Waals surface area contributed by atoms with Crippen LogP contribution in [0.2, 0.25) is 5.02 Å². The molecule has 0 saturated carbocycles. The molecule has 3 rings (SSSR count). The van der Waals surface area contributed by atoms with Gasteiger partial charge in [0.05, 0.1) is 6.61 Å². The van der Waals surface area contributed by atoms with Gasteiger partial charge in [-0.1, -0.05) is 86.7 Å². The van der Waals surface area contributed by atoms with E-state index in [9.17, 15) is 9.46 Å². The first-order valence-electron chi connectivity index (χ1n) is 9.94. The number of halogens is 1. The topological polar surface area (TPSA) is 55.8 Å². The molecule has 0 bridgehead atoms. The van der Waals surface area contributed by atoms with Gasteiger partial charge in [0.2, 0.25) is 0 Å². The molecular formula is C22H26ClO4PS. The lowest BCUT2D eigenvalue weighted by Gasteiger charge is -2.16. The molecule has 156 valence electrons. The fourth-order valence-corrected chi connectivity index (χ4v) is 5.31. The maximum absolute atomic E-state index is 12.6. The van der Waals surface area contributed by atoms with Crippen LogP contribution in [0, 0.1) is 0 Å². The molecule has 0 aromatic heterocycles. The lowest BCUT2D eigenvalue weighted by Crippen LogP contribution is -1.98. The van der Waals surface area contributed by atoms with E-state index < -0.39 is 7.82 Å². The summed E-state index contributed by atoms with van der Waals surface area (Å²) in [5, 5.41) is 0.560. The minimum atomic E-state index is -4.24. The fourth-order valence-electron chi connectivity index (χ4n) is 3.12. The van der Waals surface area contributed by atoms with Gasteiger partial charge in [0.25, 0.3) is 0 Å². The van der Waals surface area contributed by atoms with E-state index in [2.05, 4.69) is 6.92 Å². The summed E-state index contributed by atoms with van der Waals surface area (Å²) in [6.45, 7) is 2.37. The summed E-state index contributed by atoms with van der Waals surface area (Å²) >= 11 is 7.92. The van der Waals surface area contributed by atoms with Crippen molar-refractivity contribution in [2.75, 3.05) is 6.61 Å². The van der Waals surface area contributed by atoms with Gasteiger partial charge in [-0.2, -0.15) is 0 Å². The van der Waals surface area contributed by atoms with E-state index in [4.69, 9.17) is 20.6 Å². The molecule has 1 aliphatic rings. The minimum Gasteiger partial charge on any atom is -0.403 e. The molecule has 29 heavy (non-hydrogen) atoms. The quantitative estimate of drug-likeness (QED) is 0.294. The molecule has 2 aromatic rings. The van der Waals surface area contributed by atoms with Crippen molar-refractivity contribution < 1.29 is 18.5 Å². The van der Waals surface area contributed by atoms with E-state index in [0.29, 0.717) is 5.02 Å². The Morgan fingerprint density at radius 2 is 1.72 bits per heavy atom. The molecule has 1 aliphatic heterocycles. The SMILES string of the molecule is CCCCCCCCOP(=O)(O)OC1=Cc2c(Cl)cccc2Sc2ccccc21. The van der Waals surface area contributed by atoms with Gasteiger partial charge in [-0.3, -0.25) is 9.42 Å². The van der Waals surface area contributed by atoms with E-state index in [-0.39, 0.29) is 12.4 Å². The Kier molecular flexibility index (Phi) is 8.28. The molecule has 0 radical (unpaired) electrons. The Bertz CT molecular complexity index is 915. The first-order valence-corrected chi connectivity index (χ1v) is 12.6. The maximum atomic E-state index is 12.6. The number of phosphoric acid groups is 1. The van der Waals surface area contributed by atoms with Gasteiger partial charge in [0.15, 0.2) is 0 Å². The standard InChI is InChI=1S/C22H26ClO4PS/c1-2-3-4-5-6-9-15-26-28(24,25)27-20-16-18-19(23)12-10-14-22(18)29-21-13-8-7-11-17(20)21/h7-8,10-14,16H,2-6,9,15H2,1H3,(H,24,25). The Morgan fingerprint density at radius 1 is 1.00 bits per heavy atom. The first-order chi connectivity index (χ1) is 14.0. The van der Waals surface area contributed by atoms with Crippen LogP contribution in [0.1, 0.15) is 56.6 Å². The Labute approximate surface area is 181 Å². The van der Waals surface area contributed by atoms with Crippen LogP contribution in [0.15, 0.2) is 52.3 Å². The number of benzene rings is 2. The maximum Gasteiger partial charge on any atom is 0.527 e. The number of phosphoric ester groups is 1. The largest absolute Gasteiger partial charge is 0.527 e. The summed E-state index contributed by atoms with van der Waals surface area (Å²) in [6.07, 6.45) is 8.14. The molecule has 4 nitrogen and oxygen atoms in total. The number of fused-ring (bicyclic) bond motifs is 2. The van der Waals surface area contributed by atoms with E-state index in [1.165, 1.54) is 19.3 Å². The molecule has 0 aliphatic carbocycles. The Morgan fingerprint density at radius 3 is 2.55 bits per heavy atom. The highest BCUT2D eigenvalue weighted by atomic mass is 35.5. The number of unbranched alkanes of at least 4 members (excludes halogenated alkanes) is 5. The highest BCUT2D eigenvalue weighted by Gasteiger charge is 2.27. The Hall–Kier alpha value is -1.23. The van der Waals surface area contributed by atoms with Gasteiger partial charge in [0.1, 0.15) is 5.76 Å². The summed E-state index contributed by atoms with van der Waals surface area (Å²) in [5.74, 6) is 0.286. The van der Waals surface area contributed by atoms with Crippen molar-refractivity contribution in [3.05, 3.63) is 58.6 Å². The Balaban J connectivity index is 1.72. The van der Waals surface area contributed by atoms with Crippen molar-refractivity contribution in [2.45, 2.75) is 55.2 Å². The van der Waals surface area contributed by atoms with Gasteiger partial charge in [0, 0.05) is 25.9 Å². The van der Waals surface area contributed by atoms with Crippen LogP contribution in [-0.4, -0.2) is 11.5 Å². The highest BCUT2D eigenvalue weighted by Crippen LogP contribution is 2.51. The lowest BCUT2D eigenvalue weighted by atomic mass is 10.1. The molecule has 1 N–H and O–H groups in total. The molecule has 0 amide bonds. The highest BCUT2D eigenvalue weighted by molar-refractivity contribution is 7.99. The molecular weight excluding hydrogens is 427 g/mol. The van der Waals surface area contributed by atoms with Crippen LogP contribution in [0.25, 0.3) is 11.8 Å².